The highest BCUT2D eigenvalue weighted by Gasteiger charge is 2.32. The van der Waals surface area contributed by atoms with E-state index < -0.39 is 5.54 Å². The fourth-order valence-electron chi connectivity index (χ4n) is 2.83. The highest BCUT2D eigenvalue weighted by molar-refractivity contribution is 5.84. The van der Waals surface area contributed by atoms with Crippen molar-refractivity contribution in [3.63, 3.8) is 0 Å². The first-order chi connectivity index (χ1) is 8.35. The molecule has 0 radical (unpaired) electrons. The van der Waals surface area contributed by atoms with Gasteiger partial charge in [-0.3, -0.25) is 4.79 Å². The predicted molar refractivity (Wildman–Crippen MR) is 75.4 cm³/mol. The Morgan fingerprint density at radius 3 is 2.44 bits per heavy atom. The number of rotatable bonds is 7. The first-order valence-electron chi connectivity index (χ1n) is 7.13. The topological polar surface area (TPSA) is 58.4 Å². The molecule has 0 aliphatic heterocycles. The zero-order valence-electron chi connectivity index (χ0n) is 12.3. The normalized spacial score (nSPS) is 20.6. The summed E-state index contributed by atoms with van der Waals surface area (Å²) in [6.07, 6.45) is 6.04. The maximum Gasteiger partial charge on any atom is 0.237 e. The van der Waals surface area contributed by atoms with Gasteiger partial charge in [0, 0.05) is 18.6 Å². The largest absolute Gasteiger partial charge is 0.368 e. The quantitative estimate of drug-likeness (QED) is 0.724. The third kappa shape index (κ3) is 4.25. The summed E-state index contributed by atoms with van der Waals surface area (Å²) in [6.45, 7) is 6.92. The highest BCUT2D eigenvalue weighted by atomic mass is 16.1. The summed E-state index contributed by atoms with van der Waals surface area (Å²) < 4.78 is 0. The minimum Gasteiger partial charge on any atom is -0.368 e. The number of nitrogens with zero attached hydrogens (tertiary/aromatic N) is 1. The fourth-order valence-corrected chi connectivity index (χ4v) is 2.83. The van der Waals surface area contributed by atoms with Crippen LogP contribution in [0, 0.1) is 0 Å². The van der Waals surface area contributed by atoms with Crippen molar-refractivity contribution in [3.05, 3.63) is 0 Å². The van der Waals surface area contributed by atoms with Crippen LogP contribution in [0.25, 0.3) is 0 Å². The maximum atomic E-state index is 11.6. The molecular weight excluding hydrogens is 226 g/mol. The molecular formula is C14H29N3O. The van der Waals surface area contributed by atoms with Crippen LogP contribution in [0.4, 0.5) is 0 Å². The van der Waals surface area contributed by atoms with Crippen LogP contribution in [-0.4, -0.2) is 42.0 Å². The van der Waals surface area contributed by atoms with E-state index in [9.17, 15) is 4.79 Å². The van der Waals surface area contributed by atoms with Gasteiger partial charge in [0.1, 0.15) is 0 Å². The van der Waals surface area contributed by atoms with Gasteiger partial charge in [-0.2, -0.15) is 0 Å². The average molecular weight is 255 g/mol. The lowest BCUT2D eigenvalue weighted by molar-refractivity contribution is -0.124. The SMILES string of the molecule is CC(C)NC(C)(CCN(C)C1CCCC1)C(N)=O. The Bertz CT molecular complexity index is 274. The molecule has 1 atom stereocenters. The lowest BCUT2D eigenvalue weighted by Crippen LogP contribution is -2.56. The molecule has 0 aromatic heterocycles. The molecule has 1 fully saturated rings. The first kappa shape index (κ1) is 15.4. The summed E-state index contributed by atoms with van der Waals surface area (Å²) in [5, 5.41) is 3.30. The molecule has 1 aliphatic carbocycles. The number of primary amides is 1. The molecule has 3 N–H and O–H groups in total. The average Bonchev–Trinajstić information content (AvgIpc) is 2.78. The number of nitrogens with one attached hydrogen (secondary N) is 1. The van der Waals surface area contributed by atoms with Gasteiger partial charge < -0.3 is 16.0 Å². The molecule has 18 heavy (non-hydrogen) atoms. The van der Waals surface area contributed by atoms with Crippen molar-refractivity contribution >= 4 is 5.91 Å². The highest BCUT2D eigenvalue weighted by Crippen LogP contribution is 2.23. The van der Waals surface area contributed by atoms with E-state index in [4.69, 9.17) is 5.73 Å². The number of carbonyl (C=O) groups is 1. The smallest absolute Gasteiger partial charge is 0.237 e. The molecule has 0 saturated heterocycles. The summed E-state index contributed by atoms with van der Waals surface area (Å²) in [5.41, 5.74) is 4.94. The summed E-state index contributed by atoms with van der Waals surface area (Å²) in [6, 6.07) is 0.959. The molecule has 0 aromatic rings. The summed E-state index contributed by atoms with van der Waals surface area (Å²) in [5.74, 6) is -0.254. The summed E-state index contributed by atoms with van der Waals surface area (Å²) >= 11 is 0. The van der Waals surface area contributed by atoms with E-state index in [-0.39, 0.29) is 11.9 Å². The molecule has 0 heterocycles. The predicted octanol–water partition coefficient (Wildman–Crippen LogP) is 1.49. The Morgan fingerprint density at radius 1 is 1.44 bits per heavy atom. The van der Waals surface area contributed by atoms with E-state index in [1.807, 2.05) is 20.8 Å². The van der Waals surface area contributed by atoms with Crippen molar-refractivity contribution < 1.29 is 4.79 Å². The van der Waals surface area contributed by atoms with Gasteiger partial charge in [0.25, 0.3) is 0 Å². The van der Waals surface area contributed by atoms with Gasteiger partial charge in [0.2, 0.25) is 5.91 Å². The van der Waals surface area contributed by atoms with Gasteiger partial charge in [-0.25, -0.2) is 0 Å². The Labute approximate surface area is 111 Å². The van der Waals surface area contributed by atoms with Crippen LogP contribution in [-0.2, 0) is 4.79 Å². The molecule has 1 aliphatic rings. The summed E-state index contributed by atoms with van der Waals surface area (Å²) in [7, 11) is 2.16. The monoisotopic (exact) mass is 255 g/mol. The molecule has 0 spiro atoms. The Morgan fingerprint density at radius 2 is 2.00 bits per heavy atom. The van der Waals surface area contributed by atoms with Gasteiger partial charge in [0.05, 0.1) is 5.54 Å². The van der Waals surface area contributed by atoms with Gasteiger partial charge >= 0.3 is 0 Å². The van der Waals surface area contributed by atoms with Crippen molar-refractivity contribution in [2.75, 3.05) is 13.6 Å². The number of hydrogen-bond acceptors (Lipinski definition) is 3. The molecule has 0 bridgehead atoms. The Balaban J connectivity index is 2.48. The fraction of sp³-hybridized carbons (Fsp3) is 0.929. The number of amides is 1. The molecule has 1 amide bonds. The van der Waals surface area contributed by atoms with Gasteiger partial charge in [-0.15, -0.1) is 0 Å². The second-order valence-electron chi connectivity index (χ2n) is 6.16. The lowest BCUT2D eigenvalue weighted by atomic mass is 9.95. The second kappa shape index (κ2) is 6.53. The van der Waals surface area contributed by atoms with E-state index in [2.05, 4.69) is 17.3 Å². The Hall–Kier alpha value is -0.610. The maximum absolute atomic E-state index is 11.6. The zero-order chi connectivity index (χ0) is 13.8. The number of nitrogens with two attached hydrogens (primary N) is 1. The molecule has 1 saturated carbocycles. The van der Waals surface area contributed by atoms with Gasteiger partial charge in [0.15, 0.2) is 0 Å². The molecule has 4 heteroatoms. The van der Waals surface area contributed by atoms with Crippen LogP contribution in [0.5, 0.6) is 0 Å². The van der Waals surface area contributed by atoms with Crippen LogP contribution in [0.15, 0.2) is 0 Å². The summed E-state index contributed by atoms with van der Waals surface area (Å²) in [4.78, 5) is 14.0. The van der Waals surface area contributed by atoms with Crippen molar-refractivity contribution in [1.82, 2.24) is 10.2 Å². The van der Waals surface area contributed by atoms with Crippen molar-refractivity contribution in [3.8, 4) is 0 Å². The van der Waals surface area contributed by atoms with Gasteiger partial charge in [-0.05, 0) is 47.1 Å². The lowest BCUT2D eigenvalue weighted by Gasteiger charge is -2.33. The first-order valence-corrected chi connectivity index (χ1v) is 7.13. The zero-order valence-corrected chi connectivity index (χ0v) is 12.3. The molecule has 0 aromatic carbocycles. The standard InChI is InChI=1S/C14H29N3O/c1-11(2)16-14(3,13(15)18)9-10-17(4)12-7-5-6-8-12/h11-12,16H,5-10H2,1-4H3,(H2,15,18). The van der Waals surface area contributed by atoms with Crippen LogP contribution in [0.3, 0.4) is 0 Å². The van der Waals surface area contributed by atoms with Crippen molar-refractivity contribution in [2.24, 2.45) is 5.73 Å². The molecule has 106 valence electrons. The minimum absolute atomic E-state index is 0.254. The van der Waals surface area contributed by atoms with E-state index in [0.717, 1.165) is 13.0 Å². The van der Waals surface area contributed by atoms with E-state index in [1.165, 1.54) is 25.7 Å². The van der Waals surface area contributed by atoms with Crippen LogP contribution in [0.2, 0.25) is 0 Å². The van der Waals surface area contributed by atoms with E-state index in [0.29, 0.717) is 6.04 Å². The minimum atomic E-state index is -0.596. The van der Waals surface area contributed by atoms with Crippen LogP contribution >= 0.6 is 0 Å². The molecule has 1 unspecified atom stereocenters. The Kier molecular flexibility index (Phi) is 5.60. The van der Waals surface area contributed by atoms with Crippen molar-refractivity contribution in [2.45, 2.75) is 70.5 Å². The third-order valence-corrected chi connectivity index (χ3v) is 4.06. The number of carbonyl (C=O) groups excluding carboxylic acids is 1. The van der Waals surface area contributed by atoms with Crippen molar-refractivity contribution in [1.29, 1.82) is 0 Å². The van der Waals surface area contributed by atoms with Crippen LogP contribution < -0.4 is 11.1 Å². The van der Waals surface area contributed by atoms with E-state index >= 15 is 0 Å². The molecule has 4 nitrogen and oxygen atoms in total. The van der Waals surface area contributed by atoms with Gasteiger partial charge in [-0.1, -0.05) is 12.8 Å². The van der Waals surface area contributed by atoms with E-state index in [1.54, 1.807) is 0 Å². The second-order valence-corrected chi connectivity index (χ2v) is 6.16. The molecule has 1 rings (SSSR count). The number of hydrogen-bond donors (Lipinski definition) is 2. The third-order valence-electron chi connectivity index (χ3n) is 4.06. The van der Waals surface area contributed by atoms with Crippen LogP contribution in [0.1, 0.15) is 52.9 Å².